The van der Waals surface area contributed by atoms with Crippen molar-refractivity contribution in [2.45, 2.75) is 33.1 Å². The maximum absolute atomic E-state index is 12.9. The van der Waals surface area contributed by atoms with E-state index in [1.165, 1.54) is 4.90 Å². The van der Waals surface area contributed by atoms with E-state index < -0.39 is 0 Å². The van der Waals surface area contributed by atoms with Crippen LogP contribution >= 0.6 is 11.6 Å². The van der Waals surface area contributed by atoms with E-state index in [9.17, 15) is 14.4 Å². The van der Waals surface area contributed by atoms with E-state index in [1.54, 1.807) is 42.5 Å². The van der Waals surface area contributed by atoms with Crippen LogP contribution in [0, 0.1) is 24.7 Å². The molecule has 2 aromatic carbocycles. The van der Waals surface area contributed by atoms with E-state index in [4.69, 9.17) is 11.6 Å². The van der Waals surface area contributed by atoms with Crippen LogP contribution in [0.4, 0.5) is 11.4 Å². The summed E-state index contributed by atoms with van der Waals surface area (Å²) in [6.07, 6.45) is 2.47. The quantitative estimate of drug-likeness (QED) is 0.737. The normalized spacial score (nSPS) is 23.8. The number of anilines is 2. The Kier molecular flexibility index (Phi) is 5.17. The fourth-order valence-electron chi connectivity index (χ4n) is 4.37. The first-order valence-electron chi connectivity index (χ1n) is 9.91. The minimum Gasteiger partial charge on any atom is -0.322 e. The van der Waals surface area contributed by atoms with Gasteiger partial charge in [0.15, 0.2) is 0 Å². The van der Waals surface area contributed by atoms with Gasteiger partial charge in [-0.15, -0.1) is 0 Å². The van der Waals surface area contributed by atoms with E-state index in [0.717, 1.165) is 24.8 Å². The molecule has 0 aromatic heterocycles. The smallest absolute Gasteiger partial charge is 0.255 e. The minimum absolute atomic E-state index is 0.143. The Morgan fingerprint density at radius 2 is 1.79 bits per heavy atom. The second-order valence-electron chi connectivity index (χ2n) is 8.06. The van der Waals surface area contributed by atoms with Crippen LogP contribution < -0.4 is 10.2 Å². The standard InChI is InChI=1S/C23H23ClN2O3/c1-13-9-10-17-18(11-13)23(29)26(22(17)28)16-6-3-5-15(12-16)21(27)25-20-8-4-7-19(24)14(20)2/h3-8,12-13,17-18H,9-11H2,1-2H3,(H,25,27)/t13-,17+,18+/m1/s1. The van der Waals surface area contributed by atoms with Crippen molar-refractivity contribution in [2.75, 3.05) is 10.2 Å². The number of benzene rings is 2. The van der Waals surface area contributed by atoms with Crippen LogP contribution in [0.15, 0.2) is 42.5 Å². The average molecular weight is 411 g/mol. The van der Waals surface area contributed by atoms with Crippen molar-refractivity contribution in [3.8, 4) is 0 Å². The lowest BCUT2D eigenvalue weighted by Gasteiger charge is -2.25. The zero-order valence-electron chi connectivity index (χ0n) is 16.4. The molecule has 1 aliphatic carbocycles. The fraction of sp³-hybridized carbons (Fsp3) is 0.348. The molecule has 0 spiro atoms. The number of hydrogen-bond acceptors (Lipinski definition) is 3. The van der Waals surface area contributed by atoms with Gasteiger partial charge in [-0.3, -0.25) is 19.3 Å². The van der Waals surface area contributed by atoms with E-state index in [-0.39, 0.29) is 29.6 Å². The third-order valence-electron chi connectivity index (χ3n) is 6.07. The molecule has 1 heterocycles. The third-order valence-corrected chi connectivity index (χ3v) is 6.48. The molecule has 150 valence electrons. The third kappa shape index (κ3) is 3.55. The Bertz CT molecular complexity index is 1000. The number of halogens is 1. The summed E-state index contributed by atoms with van der Waals surface area (Å²) in [5, 5.41) is 3.42. The number of fused-ring (bicyclic) bond motifs is 1. The molecule has 2 aliphatic rings. The molecule has 0 bridgehead atoms. The lowest BCUT2D eigenvalue weighted by Crippen LogP contribution is -2.31. The van der Waals surface area contributed by atoms with Crippen molar-refractivity contribution in [2.24, 2.45) is 17.8 Å². The van der Waals surface area contributed by atoms with E-state index in [2.05, 4.69) is 12.2 Å². The van der Waals surface area contributed by atoms with Gasteiger partial charge in [-0.2, -0.15) is 0 Å². The molecule has 2 fully saturated rings. The highest BCUT2D eigenvalue weighted by atomic mass is 35.5. The molecule has 1 N–H and O–H groups in total. The molecule has 0 unspecified atom stereocenters. The summed E-state index contributed by atoms with van der Waals surface area (Å²) >= 11 is 6.12. The molecule has 3 amide bonds. The molecular weight excluding hydrogens is 388 g/mol. The van der Waals surface area contributed by atoms with Crippen LogP contribution in [-0.2, 0) is 9.59 Å². The van der Waals surface area contributed by atoms with Crippen molar-refractivity contribution in [3.05, 3.63) is 58.6 Å². The highest BCUT2D eigenvalue weighted by molar-refractivity contribution is 6.31. The highest BCUT2D eigenvalue weighted by Crippen LogP contribution is 2.42. The largest absolute Gasteiger partial charge is 0.322 e. The van der Waals surface area contributed by atoms with Crippen molar-refractivity contribution < 1.29 is 14.4 Å². The van der Waals surface area contributed by atoms with Crippen LogP contribution in [-0.4, -0.2) is 17.7 Å². The molecule has 0 radical (unpaired) electrons. The van der Waals surface area contributed by atoms with Crippen LogP contribution in [0.25, 0.3) is 0 Å². The summed E-state index contributed by atoms with van der Waals surface area (Å²) in [7, 11) is 0. The molecule has 3 atom stereocenters. The Morgan fingerprint density at radius 3 is 2.59 bits per heavy atom. The Balaban J connectivity index is 1.59. The number of amides is 3. The van der Waals surface area contributed by atoms with Crippen molar-refractivity contribution in [1.82, 2.24) is 0 Å². The van der Waals surface area contributed by atoms with E-state index in [0.29, 0.717) is 27.9 Å². The van der Waals surface area contributed by atoms with Gasteiger partial charge in [-0.05, 0) is 68.0 Å². The number of imide groups is 1. The zero-order valence-corrected chi connectivity index (χ0v) is 17.2. The molecule has 2 aromatic rings. The van der Waals surface area contributed by atoms with Crippen LogP contribution in [0.1, 0.15) is 42.1 Å². The molecule has 6 heteroatoms. The summed E-state index contributed by atoms with van der Waals surface area (Å²) in [4.78, 5) is 39.9. The average Bonchev–Trinajstić information content (AvgIpc) is 2.95. The number of carbonyl (C=O) groups is 3. The van der Waals surface area contributed by atoms with Gasteiger partial charge in [0.05, 0.1) is 17.5 Å². The van der Waals surface area contributed by atoms with Crippen LogP contribution in [0.2, 0.25) is 5.02 Å². The molecular formula is C23H23ClN2O3. The molecule has 29 heavy (non-hydrogen) atoms. The SMILES string of the molecule is Cc1c(Cl)cccc1NC(=O)c1cccc(N2C(=O)[C@H]3CC[C@@H](C)C[C@@H]3C2=O)c1. The lowest BCUT2D eigenvalue weighted by atomic mass is 9.76. The lowest BCUT2D eigenvalue weighted by molar-refractivity contribution is -0.122. The van der Waals surface area contributed by atoms with E-state index >= 15 is 0 Å². The number of hydrogen-bond donors (Lipinski definition) is 1. The minimum atomic E-state index is -0.317. The molecule has 1 saturated heterocycles. The highest BCUT2D eigenvalue weighted by Gasteiger charge is 2.50. The number of nitrogens with one attached hydrogen (secondary N) is 1. The Morgan fingerprint density at radius 1 is 1.07 bits per heavy atom. The van der Waals surface area contributed by atoms with Crippen molar-refractivity contribution in [3.63, 3.8) is 0 Å². The van der Waals surface area contributed by atoms with Crippen LogP contribution in [0.3, 0.4) is 0 Å². The van der Waals surface area contributed by atoms with Crippen molar-refractivity contribution >= 4 is 40.7 Å². The predicted molar refractivity (Wildman–Crippen MR) is 113 cm³/mol. The zero-order chi connectivity index (χ0) is 20.7. The fourth-order valence-corrected chi connectivity index (χ4v) is 4.54. The molecule has 4 rings (SSSR count). The van der Waals surface area contributed by atoms with Gasteiger partial charge >= 0.3 is 0 Å². The van der Waals surface area contributed by atoms with Gasteiger partial charge in [0, 0.05) is 16.3 Å². The molecule has 5 nitrogen and oxygen atoms in total. The molecule has 1 aliphatic heterocycles. The van der Waals surface area contributed by atoms with E-state index in [1.807, 2.05) is 6.92 Å². The summed E-state index contributed by atoms with van der Waals surface area (Å²) < 4.78 is 0. The number of carbonyl (C=O) groups excluding carboxylic acids is 3. The summed E-state index contributed by atoms with van der Waals surface area (Å²) in [5.41, 5.74) is 2.24. The van der Waals surface area contributed by atoms with Crippen molar-refractivity contribution in [1.29, 1.82) is 0 Å². The monoisotopic (exact) mass is 410 g/mol. The molecule has 1 saturated carbocycles. The van der Waals surface area contributed by atoms with Crippen LogP contribution in [0.5, 0.6) is 0 Å². The summed E-state index contributed by atoms with van der Waals surface area (Å²) in [5.74, 6) is -0.624. The summed E-state index contributed by atoms with van der Waals surface area (Å²) in [6.45, 7) is 3.96. The first kappa shape index (κ1) is 19.6. The van der Waals surface area contributed by atoms with Gasteiger partial charge in [-0.25, -0.2) is 0 Å². The second-order valence-corrected chi connectivity index (χ2v) is 8.47. The first-order valence-corrected chi connectivity index (χ1v) is 10.3. The maximum atomic E-state index is 12.9. The topological polar surface area (TPSA) is 66.5 Å². The van der Waals surface area contributed by atoms with Gasteiger partial charge in [0.2, 0.25) is 11.8 Å². The second kappa shape index (κ2) is 7.64. The Labute approximate surface area is 175 Å². The Hall–Kier alpha value is -2.66. The number of nitrogens with zero attached hydrogens (tertiary/aromatic N) is 1. The van der Waals surface area contributed by atoms with Gasteiger partial charge in [0.1, 0.15) is 0 Å². The first-order chi connectivity index (χ1) is 13.9. The number of rotatable bonds is 3. The van der Waals surface area contributed by atoms with Gasteiger partial charge in [-0.1, -0.05) is 30.7 Å². The summed E-state index contributed by atoms with van der Waals surface area (Å²) in [6, 6.07) is 12.0. The van der Waals surface area contributed by atoms with Gasteiger partial charge in [0.25, 0.3) is 5.91 Å². The van der Waals surface area contributed by atoms with Gasteiger partial charge < -0.3 is 5.32 Å². The maximum Gasteiger partial charge on any atom is 0.255 e. The predicted octanol–water partition coefficient (Wildman–Crippen LogP) is 4.83.